The van der Waals surface area contributed by atoms with Crippen molar-refractivity contribution in [1.29, 1.82) is 0 Å². The Bertz CT molecular complexity index is 566. The second-order valence-electron chi connectivity index (χ2n) is 4.36. The van der Waals surface area contributed by atoms with E-state index < -0.39 is 0 Å². The van der Waals surface area contributed by atoms with Crippen LogP contribution in [0.4, 0.5) is 0 Å². The third-order valence-electron chi connectivity index (χ3n) is 3.14. The van der Waals surface area contributed by atoms with Crippen LogP contribution in [0.2, 0.25) is 0 Å². The summed E-state index contributed by atoms with van der Waals surface area (Å²) in [4.78, 5) is 15.6. The molecular weight excluding hydrogens is 218 g/mol. The van der Waals surface area contributed by atoms with E-state index in [1.807, 2.05) is 6.20 Å². The van der Waals surface area contributed by atoms with E-state index in [4.69, 9.17) is 0 Å². The van der Waals surface area contributed by atoms with Gasteiger partial charge in [-0.3, -0.25) is 4.79 Å². The number of pyridine rings is 1. The zero-order valence-electron chi connectivity index (χ0n) is 9.26. The largest absolute Gasteiger partial charge is 0.506 e. The molecule has 88 valence electrons. The quantitative estimate of drug-likeness (QED) is 0.770. The topological polar surface area (TPSA) is 66.6 Å². The maximum atomic E-state index is 11.1. The molecule has 0 aromatic carbocycles. The van der Waals surface area contributed by atoms with Gasteiger partial charge in [0.1, 0.15) is 11.4 Å². The number of aromatic hydroxyl groups is 1. The molecule has 1 aliphatic heterocycles. The lowest BCUT2D eigenvalue weighted by Crippen LogP contribution is -2.33. The maximum Gasteiger partial charge on any atom is 0.220 e. The van der Waals surface area contributed by atoms with Crippen molar-refractivity contribution in [1.82, 2.24) is 14.7 Å². The number of carbonyl (C=O) groups is 1. The van der Waals surface area contributed by atoms with Crippen LogP contribution in [0.1, 0.15) is 24.5 Å². The van der Waals surface area contributed by atoms with Gasteiger partial charge in [-0.2, -0.15) is 0 Å². The Hall–Kier alpha value is -2.04. The number of fused-ring (bicyclic) bond motifs is 1. The van der Waals surface area contributed by atoms with Crippen LogP contribution in [0, 0.1) is 0 Å². The summed E-state index contributed by atoms with van der Waals surface area (Å²) in [5.41, 5.74) is 1.78. The molecule has 0 radical (unpaired) electrons. The first-order valence-electron chi connectivity index (χ1n) is 5.67. The first-order chi connectivity index (χ1) is 8.22. The van der Waals surface area contributed by atoms with E-state index in [0.29, 0.717) is 13.0 Å². The predicted octanol–water partition coefficient (Wildman–Crippen LogP) is 1.03. The minimum Gasteiger partial charge on any atom is -0.506 e. The molecule has 0 aliphatic carbocycles. The van der Waals surface area contributed by atoms with Crippen LogP contribution in [-0.2, 0) is 4.79 Å². The molecule has 2 aromatic rings. The van der Waals surface area contributed by atoms with Crippen LogP contribution in [0.5, 0.6) is 5.75 Å². The average molecular weight is 231 g/mol. The summed E-state index contributed by atoms with van der Waals surface area (Å²) in [6.45, 7) is 0.648. The van der Waals surface area contributed by atoms with Gasteiger partial charge in [0.05, 0.1) is 11.9 Å². The summed E-state index contributed by atoms with van der Waals surface area (Å²) < 4.78 is 1.81. The average Bonchev–Trinajstić information content (AvgIpc) is 2.72. The molecule has 0 spiro atoms. The molecule has 17 heavy (non-hydrogen) atoms. The lowest BCUT2D eigenvalue weighted by Gasteiger charge is -2.20. The smallest absolute Gasteiger partial charge is 0.220 e. The van der Waals surface area contributed by atoms with Crippen LogP contribution < -0.4 is 5.32 Å². The molecule has 3 rings (SSSR count). The highest BCUT2D eigenvalue weighted by Crippen LogP contribution is 2.23. The van der Waals surface area contributed by atoms with Crippen molar-refractivity contribution in [3.63, 3.8) is 0 Å². The molecule has 1 amide bonds. The van der Waals surface area contributed by atoms with E-state index in [-0.39, 0.29) is 17.6 Å². The van der Waals surface area contributed by atoms with Gasteiger partial charge in [0, 0.05) is 25.1 Å². The summed E-state index contributed by atoms with van der Waals surface area (Å²) >= 11 is 0. The number of imidazole rings is 1. The van der Waals surface area contributed by atoms with Gasteiger partial charge >= 0.3 is 0 Å². The van der Waals surface area contributed by atoms with E-state index in [1.165, 1.54) is 0 Å². The molecule has 2 N–H and O–H groups in total. The van der Waals surface area contributed by atoms with Gasteiger partial charge in [-0.15, -0.1) is 0 Å². The summed E-state index contributed by atoms with van der Waals surface area (Å²) in [5.74, 6) is 0.607. The van der Waals surface area contributed by atoms with Crippen LogP contribution in [0.15, 0.2) is 24.5 Å². The molecule has 5 nitrogen and oxygen atoms in total. The van der Waals surface area contributed by atoms with Crippen LogP contribution >= 0.6 is 0 Å². The van der Waals surface area contributed by atoms with Crippen LogP contribution in [0.3, 0.4) is 0 Å². The zero-order chi connectivity index (χ0) is 11.8. The summed E-state index contributed by atoms with van der Waals surface area (Å²) in [7, 11) is 0. The van der Waals surface area contributed by atoms with Crippen molar-refractivity contribution in [2.45, 2.75) is 18.8 Å². The third-order valence-corrected chi connectivity index (χ3v) is 3.14. The van der Waals surface area contributed by atoms with Gasteiger partial charge in [-0.1, -0.05) is 0 Å². The van der Waals surface area contributed by atoms with E-state index in [2.05, 4.69) is 10.3 Å². The van der Waals surface area contributed by atoms with Gasteiger partial charge in [-0.05, 0) is 18.6 Å². The molecule has 0 bridgehead atoms. The Morgan fingerprint density at radius 3 is 3.06 bits per heavy atom. The van der Waals surface area contributed by atoms with Crippen molar-refractivity contribution in [2.75, 3.05) is 6.54 Å². The number of carbonyl (C=O) groups excluding carboxylic acids is 1. The molecule has 3 heterocycles. The van der Waals surface area contributed by atoms with Crippen molar-refractivity contribution < 1.29 is 9.90 Å². The van der Waals surface area contributed by atoms with Gasteiger partial charge in [0.15, 0.2) is 0 Å². The molecule has 1 saturated heterocycles. The maximum absolute atomic E-state index is 11.1. The fourth-order valence-electron chi connectivity index (χ4n) is 2.18. The van der Waals surface area contributed by atoms with Crippen molar-refractivity contribution >= 4 is 11.6 Å². The zero-order valence-corrected chi connectivity index (χ0v) is 9.26. The van der Waals surface area contributed by atoms with E-state index >= 15 is 0 Å². The standard InChI is InChI=1S/C12H13N3O2/c16-9-2-3-11-14-10(7-15(11)6-9)8-1-4-12(17)13-5-8/h2-3,6-8,16H,1,4-5H2,(H,13,17). The van der Waals surface area contributed by atoms with Crippen molar-refractivity contribution in [3.05, 3.63) is 30.2 Å². The van der Waals surface area contributed by atoms with Gasteiger partial charge < -0.3 is 14.8 Å². The monoisotopic (exact) mass is 231 g/mol. The van der Waals surface area contributed by atoms with Gasteiger partial charge in [-0.25, -0.2) is 4.98 Å². The second-order valence-corrected chi connectivity index (χ2v) is 4.36. The highest BCUT2D eigenvalue weighted by molar-refractivity contribution is 5.76. The van der Waals surface area contributed by atoms with E-state index in [0.717, 1.165) is 17.8 Å². The van der Waals surface area contributed by atoms with Crippen molar-refractivity contribution in [3.8, 4) is 5.75 Å². The summed E-state index contributed by atoms with van der Waals surface area (Å²) in [6.07, 6.45) is 4.94. The molecule has 1 fully saturated rings. The molecule has 1 atom stereocenters. The number of rotatable bonds is 1. The molecular formula is C12H13N3O2. The minimum atomic E-state index is 0.114. The van der Waals surface area contributed by atoms with Crippen LogP contribution in [0.25, 0.3) is 5.65 Å². The highest BCUT2D eigenvalue weighted by Gasteiger charge is 2.21. The van der Waals surface area contributed by atoms with Crippen molar-refractivity contribution in [2.24, 2.45) is 0 Å². The highest BCUT2D eigenvalue weighted by atomic mass is 16.3. The Morgan fingerprint density at radius 2 is 2.29 bits per heavy atom. The number of amides is 1. The minimum absolute atomic E-state index is 0.114. The second kappa shape index (κ2) is 3.76. The fraction of sp³-hybridized carbons (Fsp3) is 0.333. The molecule has 5 heteroatoms. The first kappa shape index (κ1) is 10.1. The Kier molecular flexibility index (Phi) is 2.24. The number of aromatic nitrogens is 2. The van der Waals surface area contributed by atoms with E-state index in [1.54, 1.807) is 22.7 Å². The number of hydrogen-bond donors (Lipinski definition) is 2. The number of nitrogens with zero attached hydrogens (tertiary/aromatic N) is 2. The molecule has 1 unspecified atom stereocenters. The molecule has 2 aromatic heterocycles. The lowest BCUT2D eigenvalue weighted by atomic mass is 9.96. The van der Waals surface area contributed by atoms with Gasteiger partial charge in [0.25, 0.3) is 0 Å². The summed E-state index contributed by atoms with van der Waals surface area (Å²) in [6, 6.07) is 3.40. The number of piperidine rings is 1. The Labute approximate surface area is 98.1 Å². The predicted molar refractivity (Wildman–Crippen MR) is 61.8 cm³/mol. The SMILES string of the molecule is O=C1CCC(c2cn3cc(O)ccc3n2)CN1. The first-order valence-corrected chi connectivity index (χ1v) is 5.67. The normalized spacial score (nSPS) is 20.5. The Morgan fingerprint density at radius 1 is 1.41 bits per heavy atom. The van der Waals surface area contributed by atoms with Gasteiger partial charge in [0.2, 0.25) is 5.91 Å². The fourth-order valence-corrected chi connectivity index (χ4v) is 2.18. The lowest BCUT2D eigenvalue weighted by molar-refractivity contribution is -0.122. The molecule has 1 aliphatic rings. The van der Waals surface area contributed by atoms with Crippen LogP contribution in [-0.4, -0.2) is 26.9 Å². The third kappa shape index (κ3) is 1.84. The molecule has 0 saturated carbocycles. The Balaban J connectivity index is 1.92. The number of hydrogen-bond acceptors (Lipinski definition) is 3. The number of nitrogens with one attached hydrogen (secondary N) is 1. The van der Waals surface area contributed by atoms with E-state index in [9.17, 15) is 9.90 Å². The summed E-state index contributed by atoms with van der Waals surface area (Å²) in [5, 5.41) is 12.2.